The summed E-state index contributed by atoms with van der Waals surface area (Å²) in [4.78, 5) is 0. The number of halogens is 1. The van der Waals surface area contributed by atoms with E-state index in [1.54, 1.807) is 0 Å². The molecule has 0 radical (unpaired) electrons. The third-order valence-corrected chi connectivity index (χ3v) is 5.30. The van der Waals surface area contributed by atoms with Crippen LogP contribution in [0.1, 0.15) is 52.9 Å². The predicted octanol–water partition coefficient (Wildman–Crippen LogP) is 4.01. The van der Waals surface area contributed by atoms with E-state index < -0.39 is 0 Å². The summed E-state index contributed by atoms with van der Waals surface area (Å²) in [6, 6.07) is 0. The first-order valence-corrected chi connectivity index (χ1v) is 7.71. The monoisotopic (exact) mass is 274 g/mol. The SMILES string of the molecule is CC(C)(C)C(Cl)CCC1CCOC2(CCOC2)C1. The van der Waals surface area contributed by atoms with Crippen molar-refractivity contribution < 1.29 is 9.47 Å². The molecule has 2 heterocycles. The van der Waals surface area contributed by atoms with Gasteiger partial charge in [-0.2, -0.15) is 0 Å². The molecule has 2 rings (SSSR count). The molecular formula is C15H27ClO2. The molecule has 0 aromatic heterocycles. The van der Waals surface area contributed by atoms with Gasteiger partial charge < -0.3 is 9.47 Å². The molecule has 2 aliphatic heterocycles. The molecule has 3 heteroatoms. The molecule has 2 nitrogen and oxygen atoms in total. The highest BCUT2D eigenvalue weighted by molar-refractivity contribution is 6.21. The lowest BCUT2D eigenvalue weighted by Gasteiger charge is -2.38. The lowest BCUT2D eigenvalue weighted by molar-refractivity contribution is -0.0991. The topological polar surface area (TPSA) is 18.5 Å². The second-order valence-corrected chi connectivity index (χ2v) is 7.63. The van der Waals surface area contributed by atoms with E-state index in [9.17, 15) is 0 Å². The number of hydrogen-bond donors (Lipinski definition) is 0. The molecule has 106 valence electrons. The molecule has 18 heavy (non-hydrogen) atoms. The van der Waals surface area contributed by atoms with E-state index in [1.165, 1.54) is 19.3 Å². The fourth-order valence-electron chi connectivity index (χ4n) is 3.05. The van der Waals surface area contributed by atoms with Crippen molar-refractivity contribution in [2.24, 2.45) is 11.3 Å². The normalized spacial score (nSPS) is 35.0. The van der Waals surface area contributed by atoms with Gasteiger partial charge in [-0.25, -0.2) is 0 Å². The van der Waals surface area contributed by atoms with Crippen LogP contribution in [-0.2, 0) is 9.47 Å². The van der Waals surface area contributed by atoms with Crippen LogP contribution in [0.5, 0.6) is 0 Å². The molecule has 3 unspecified atom stereocenters. The van der Waals surface area contributed by atoms with Gasteiger partial charge in [0.1, 0.15) is 0 Å². The van der Waals surface area contributed by atoms with Crippen LogP contribution >= 0.6 is 11.6 Å². The zero-order valence-electron chi connectivity index (χ0n) is 12.0. The molecule has 0 N–H and O–H groups in total. The van der Waals surface area contributed by atoms with Crippen molar-refractivity contribution >= 4 is 11.6 Å². The summed E-state index contributed by atoms with van der Waals surface area (Å²) in [5, 5.41) is 0.274. The van der Waals surface area contributed by atoms with Crippen LogP contribution in [0.2, 0.25) is 0 Å². The summed E-state index contributed by atoms with van der Waals surface area (Å²) >= 11 is 6.47. The Hall–Kier alpha value is 0.210. The van der Waals surface area contributed by atoms with E-state index in [-0.39, 0.29) is 16.4 Å². The molecule has 3 atom stereocenters. The van der Waals surface area contributed by atoms with Crippen LogP contribution in [0, 0.1) is 11.3 Å². The molecule has 0 saturated carbocycles. The Balaban J connectivity index is 1.79. The van der Waals surface area contributed by atoms with Crippen LogP contribution in [0.3, 0.4) is 0 Å². The molecule has 0 amide bonds. The van der Waals surface area contributed by atoms with Crippen LogP contribution in [0.4, 0.5) is 0 Å². The third kappa shape index (κ3) is 3.61. The Morgan fingerprint density at radius 2 is 2.11 bits per heavy atom. The van der Waals surface area contributed by atoms with Crippen LogP contribution in [0.15, 0.2) is 0 Å². The molecule has 0 aromatic rings. The lowest BCUT2D eigenvalue weighted by Crippen LogP contribution is -2.40. The highest BCUT2D eigenvalue weighted by Crippen LogP contribution is 2.39. The predicted molar refractivity (Wildman–Crippen MR) is 75.2 cm³/mol. The van der Waals surface area contributed by atoms with Gasteiger partial charge in [0.2, 0.25) is 0 Å². The minimum Gasteiger partial charge on any atom is -0.378 e. The molecule has 2 aliphatic rings. The molecule has 0 aromatic carbocycles. The molecule has 0 bridgehead atoms. The Labute approximate surface area is 116 Å². The highest BCUT2D eigenvalue weighted by atomic mass is 35.5. The minimum absolute atomic E-state index is 0.0481. The van der Waals surface area contributed by atoms with Gasteiger partial charge in [0, 0.05) is 25.0 Å². The van der Waals surface area contributed by atoms with Crippen LogP contribution in [0.25, 0.3) is 0 Å². The Morgan fingerprint density at radius 1 is 1.33 bits per heavy atom. The van der Waals surface area contributed by atoms with Gasteiger partial charge >= 0.3 is 0 Å². The lowest BCUT2D eigenvalue weighted by atomic mass is 9.80. The van der Waals surface area contributed by atoms with Crippen molar-refractivity contribution in [1.29, 1.82) is 0 Å². The average Bonchev–Trinajstić information content (AvgIpc) is 2.73. The summed E-state index contributed by atoms with van der Waals surface area (Å²) in [5.74, 6) is 0.768. The van der Waals surface area contributed by atoms with Crippen LogP contribution < -0.4 is 0 Å². The van der Waals surface area contributed by atoms with E-state index in [0.29, 0.717) is 0 Å². The zero-order valence-corrected chi connectivity index (χ0v) is 12.8. The largest absolute Gasteiger partial charge is 0.378 e. The summed E-state index contributed by atoms with van der Waals surface area (Å²) in [7, 11) is 0. The Morgan fingerprint density at radius 3 is 2.72 bits per heavy atom. The maximum atomic E-state index is 6.47. The van der Waals surface area contributed by atoms with Crippen molar-refractivity contribution in [2.75, 3.05) is 19.8 Å². The van der Waals surface area contributed by atoms with Gasteiger partial charge in [-0.05, 0) is 37.0 Å². The zero-order chi connectivity index (χ0) is 13.2. The Kier molecular flexibility index (Phi) is 4.61. The molecule has 0 aliphatic carbocycles. The third-order valence-electron chi connectivity index (χ3n) is 4.43. The van der Waals surface area contributed by atoms with Gasteiger partial charge in [0.25, 0.3) is 0 Å². The number of hydrogen-bond acceptors (Lipinski definition) is 2. The first-order chi connectivity index (χ1) is 8.41. The number of ether oxygens (including phenoxy) is 2. The first kappa shape index (κ1) is 14.6. The molecule has 1 spiro atoms. The van der Waals surface area contributed by atoms with Gasteiger partial charge in [0.05, 0.1) is 12.2 Å². The van der Waals surface area contributed by atoms with Crippen molar-refractivity contribution in [3.8, 4) is 0 Å². The van der Waals surface area contributed by atoms with Gasteiger partial charge in [-0.1, -0.05) is 20.8 Å². The Bertz CT molecular complexity index is 266. The molecule has 2 fully saturated rings. The van der Waals surface area contributed by atoms with E-state index >= 15 is 0 Å². The van der Waals surface area contributed by atoms with E-state index in [4.69, 9.17) is 21.1 Å². The van der Waals surface area contributed by atoms with Gasteiger partial charge in [0.15, 0.2) is 0 Å². The highest BCUT2D eigenvalue weighted by Gasteiger charge is 2.41. The number of rotatable bonds is 3. The van der Waals surface area contributed by atoms with E-state index in [2.05, 4.69) is 20.8 Å². The first-order valence-electron chi connectivity index (χ1n) is 7.27. The standard InChI is InChI=1S/C15H27ClO2/c1-14(2,3)13(16)5-4-12-6-8-18-15(10-12)7-9-17-11-15/h12-13H,4-11H2,1-3H3. The van der Waals surface area contributed by atoms with Gasteiger partial charge in [-0.15, -0.1) is 11.6 Å². The van der Waals surface area contributed by atoms with Crippen molar-refractivity contribution in [1.82, 2.24) is 0 Å². The van der Waals surface area contributed by atoms with E-state index in [0.717, 1.165) is 38.6 Å². The molecular weight excluding hydrogens is 248 g/mol. The van der Waals surface area contributed by atoms with Crippen molar-refractivity contribution in [3.63, 3.8) is 0 Å². The summed E-state index contributed by atoms with van der Waals surface area (Å²) < 4.78 is 11.5. The summed E-state index contributed by atoms with van der Waals surface area (Å²) in [6.45, 7) is 9.24. The quantitative estimate of drug-likeness (QED) is 0.724. The smallest absolute Gasteiger partial charge is 0.0939 e. The number of alkyl halides is 1. The maximum Gasteiger partial charge on any atom is 0.0939 e. The molecule has 2 saturated heterocycles. The van der Waals surface area contributed by atoms with Crippen molar-refractivity contribution in [3.05, 3.63) is 0 Å². The summed E-state index contributed by atoms with van der Waals surface area (Å²) in [6.07, 6.45) is 5.78. The maximum absolute atomic E-state index is 6.47. The minimum atomic E-state index is 0.0481. The van der Waals surface area contributed by atoms with Crippen LogP contribution in [-0.4, -0.2) is 30.8 Å². The van der Waals surface area contributed by atoms with E-state index in [1.807, 2.05) is 0 Å². The second-order valence-electron chi connectivity index (χ2n) is 7.10. The van der Waals surface area contributed by atoms with Crippen molar-refractivity contribution in [2.45, 2.75) is 63.9 Å². The summed E-state index contributed by atoms with van der Waals surface area (Å²) in [5.41, 5.74) is 0.257. The second kappa shape index (κ2) is 5.68. The average molecular weight is 275 g/mol. The fourth-order valence-corrected chi connectivity index (χ4v) is 3.18. The fraction of sp³-hybridized carbons (Fsp3) is 1.00. The van der Waals surface area contributed by atoms with Gasteiger partial charge in [-0.3, -0.25) is 0 Å².